The van der Waals surface area contributed by atoms with Gasteiger partial charge in [0.05, 0.1) is 19.1 Å². The highest BCUT2D eigenvalue weighted by Gasteiger charge is 2.34. The number of ether oxygens (including phenoxy) is 1. The van der Waals surface area contributed by atoms with E-state index in [1.165, 1.54) is 25.7 Å². The number of unbranched alkanes of at least 4 members (excludes halogenated alkanes) is 2. The van der Waals surface area contributed by atoms with Crippen molar-refractivity contribution >= 4 is 5.91 Å². The van der Waals surface area contributed by atoms with Crippen LogP contribution in [0, 0.1) is 11.3 Å². The number of carbonyl (C=O) groups is 1. The minimum absolute atomic E-state index is 0.0389. The fourth-order valence-corrected chi connectivity index (χ4v) is 2.74. The maximum atomic E-state index is 12.4. The monoisotopic (exact) mass is 298 g/mol. The van der Waals surface area contributed by atoms with Gasteiger partial charge in [-0.1, -0.05) is 47.0 Å². The third-order valence-corrected chi connectivity index (χ3v) is 4.27. The maximum absolute atomic E-state index is 12.4. The van der Waals surface area contributed by atoms with Gasteiger partial charge in [0.2, 0.25) is 5.91 Å². The molecule has 1 aliphatic rings. The first-order valence-electron chi connectivity index (χ1n) is 8.59. The van der Waals surface area contributed by atoms with Crippen molar-refractivity contribution in [2.75, 3.05) is 26.3 Å². The Morgan fingerprint density at radius 1 is 1.19 bits per heavy atom. The molecule has 1 aliphatic heterocycles. The zero-order valence-corrected chi connectivity index (χ0v) is 14.3. The van der Waals surface area contributed by atoms with Crippen LogP contribution in [0.2, 0.25) is 0 Å². The summed E-state index contributed by atoms with van der Waals surface area (Å²) >= 11 is 0. The molecule has 4 heteroatoms. The van der Waals surface area contributed by atoms with Crippen LogP contribution in [-0.2, 0) is 9.53 Å². The fourth-order valence-electron chi connectivity index (χ4n) is 2.74. The van der Waals surface area contributed by atoms with E-state index in [0.29, 0.717) is 13.2 Å². The van der Waals surface area contributed by atoms with Crippen molar-refractivity contribution in [3.05, 3.63) is 0 Å². The van der Waals surface area contributed by atoms with Gasteiger partial charge < -0.3 is 15.4 Å². The van der Waals surface area contributed by atoms with Crippen molar-refractivity contribution < 1.29 is 9.53 Å². The highest BCUT2D eigenvalue weighted by Crippen LogP contribution is 2.23. The number of carbonyl (C=O) groups excluding carboxylic acids is 1. The second kappa shape index (κ2) is 9.42. The summed E-state index contributed by atoms with van der Waals surface area (Å²) in [4.78, 5) is 12.4. The Balaban J connectivity index is 2.34. The quantitative estimate of drug-likeness (QED) is 0.610. The molecule has 4 nitrogen and oxygen atoms in total. The van der Waals surface area contributed by atoms with E-state index in [4.69, 9.17) is 4.74 Å². The van der Waals surface area contributed by atoms with Gasteiger partial charge in [-0.15, -0.1) is 0 Å². The Hall–Kier alpha value is -0.610. The van der Waals surface area contributed by atoms with Crippen LogP contribution in [0.3, 0.4) is 0 Å². The van der Waals surface area contributed by atoms with E-state index in [1.807, 2.05) is 0 Å². The molecule has 2 N–H and O–H groups in total. The maximum Gasteiger partial charge on any atom is 0.227 e. The predicted molar refractivity (Wildman–Crippen MR) is 87.3 cm³/mol. The van der Waals surface area contributed by atoms with Gasteiger partial charge in [0, 0.05) is 12.6 Å². The summed E-state index contributed by atoms with van der Waals surface area (Å²) in [5.74, 6) is 0.104. The molecule has 0 aromatic carbocycles. The van der Waals surface area contributed by atoms with E-state index in [1.54, 1.807) is 0 Å². The standard InChI is InChI=1S/C17H34N2O2/c1-5-7-8-9-17(3,4)13-19-16(20)14-11-21-12-15(14)18-10-6-2/h14-15,18H,5-13H2,1-4H3,(H,19,20). The van der Waals surface area contributed by atoms with Gasteiger partial charge in [0.25, 0.3) is 0 Å². The molecular formula is C17H34N2O2. The normalized spacial score (nSPS) is 22.5. The Morgan fingerprint density at radius 3 is 2.62 bits per heavy atom. The summed E-state index contributed by atoms with van der Waals surface area (Å²) in [5.41, 5.74) is 0.177. The smallest absolute Gasteiger partial charge is 0.227 e. The zero-order valence-electron chi connectivity index (χ0n) is 14.3. The summed E-state index contributed by atoms with van der Waals surface area (Å²) in [6.07, 6.45) is 6.01. The van der Waals surface area contributed by atoms with E-state index < -0.39 is 0 Å². The number of rotatable bonds is 10. The van der Waals surface area contributed by atoms with Crippen molar-refractivity contribution in [2.45, 2.75) is 65.8 Å². The van der Waals surface area contributed by atoms with Gasteiger partial charge >= 0.3 is 0 Å². The van der Waals surface area contributed by atoms with Crippen LogP contribution in [0.4, 0.5) is 0 Å². The largest absolute Gasteiger partial charge is 0.379 e. The molecule has 1 saturated heterocycles. The predicted octanol–water partition coefficient (Wildman–Crippen LogP) is 2.72. The number of hydrogen-bond donors (Lipinski definition) is 2. The van der Waals surface area contributed by atoms with Crippen LogP contribution in [0.5, 0.6) is 0 Å². The molecule has 1 rings (SSSR count). The van der Waals surface area contributed by atoms with Crippen molar-refractivity contribution in [3.63, 3.8) is 0 Å². The molecule has 1 amide bonds. The summed E-state index contributed by atoms with van der Waals surface area (Å²) in [6, 6.07) is 0.174. The van der Waals surface area contributed by atoms with Crippen molar-refractivity contribution in [1.29, 1.82) is 0 Å². The molecule has 1 heterocycles. The molecule has 21 heavy (non-hydrogen) atoms. The zero-order chi connectivity index (χ0) is 15.7. The molecule has 0 spiro atoms. The molecule has 0 bridgehead atoms. The lowest BCUT2D eigenvalue weighted by atomic mass is 9.86. The van der Waals surface area contributed by atoms with Crippen LogP contribution < -0.4 is 10.6 Å². The molecule has 0 radical (unpaired) electrons. The molecule has 0 aromatic rings. The lowest BCUT2D eigenvalue weighted by Gasteiger charge is -2.26. The highest BCUT2D eigenvalue weighted by molar-refractivity contribution is 5.79. The Bertz CT molecular complexity index is 305. The Labute approximate surface area is 130 Å². The second-order valence-corrected chi connectivity index (χ2v) is 7.04. The number of amides is 1. The fraction of sp³-hybridized carbons (Fsp3) is 0.941. The molecule has 0 saturated carbocycles. The van der Waals surface area contributed by atoms with E-state index in [9.17, 15) is 4.79 Å². The SMILES string of the molecule is CCCCCC(C)(C)CNC(=O)C1COCC1NCCC. The van der Waals surface area contributed by atoms with Crippen LogP contribution >= 0.6 is 0 Å². The molecule has 0 aromatic heterocycles. The second-order valence-electron chi connectivity index (χ2n) is 7.04. The van der Waals surface area contributed by atoms with Crippen molar-refractivity contribution in [1.82, 2.24) is 10.6 Å². The lowest BCUT2D eigenvalue weighted by molar-refractivity contribution is -0.125. The molecule has 0 aliphatic carbocycles. The molecule has 2 unspecified atom stereocenters. The topological polar surface area (TPSA) is 50.4 Å². The number of nitrogens with one attached hydrogen (secondary N) is 2. The number of hydrogen-bond acceptors (Lipinski definition) is 3. The van der Waals surface area contributed by atoms with Crippen LogP contribution in [0.1, 0.15) is 59.8 Å². The third-order valence-electron chi connectivity index (χ3n) is 4.27. The summed E-state index contributed by atoms with van der Waals surface area (Å²) < 4.78 is 5.48. The summed E-state index contributed by atoms with van der Waals surface area (Å²) in [6.45, 7) is 11.7. The van der Waals surface area contributed by atoms with Crippen LogP contribution in [0.15, 0.2) is 0 Å². The van der Waals surface area contributed by atoms with Crippen molar-refractivity contribution in [2.24, 2.45) is 11.3 Å². The first-order valence-corrected chi connectivity index (χ1v) is 8.59. The summed E-state index contributed by atoms with van der Waals surface area (Å²) in [5, 5.41) is 6.55. The minimum Gasteiger partial charge on any atom is -0.379 e. The summed E-state index contributed by atoms with van der Waals surface area (Å²) in [7, 11) is 0. The lowest BCUT2D eigenvalue weighted by Crippen LogP contribution is -2.46. The molecule has 1 fully saturated rings. The van der Waals surface area contributed by atoms with E-state index in [2.05, 4.69) is 38.3 Å². The average Bonchev–Trinajstić information content (AvgIpc) is 2.91. The Kier molecular flexibility index (Phi) is 8.27. The minimum atomic E-state index is -0.0389. The van der Waals surface area contributed by atoms with Gasteiger partial charge in [-0.3, -0.25) is 4.79 Å². The third kappa shape index (κ3) is 6.79. The van der Waals surface area contributed by atoms with Gasteiger partial charge in [-0.05, 0) is 24.8 Å². The molecule has 2 atom stereocenters. The highest BCUT2D eigenvalue weighted by atomic mass is 16.5. The van der Waals surface area contributed by atoms with E-state index >= 15 is 0 Å². The molecule has 124 valence electrons. The van der Waals surface area contributed by atoms with Crippen molar-refractivity contribution in [3.8, 4) is 0 Å². The van der Waals surface area contributed by atoms with Gasteiger partial charge in [-0.25, -0.2) is 0 Å². The van der Waals surface area contributed by atoms with Gasteiger partial charge in [0.1, 0.15) is 0 Å². The van der Waals surface area contributed by atoms with E-state index in [-0.39, 0.29) is 23.3 Å². The van der Waals surface area contributed by atoms with Crippen LogP contribution in [0.25, 0.3) is 0 Å². The first kappa shape index (κ1) is 18.4. The molecular weight excluding hydrogens is 264 g/mol. The average molecular weight is 298 g/mol. The Morgan fingerprint density at radius 2 is 1.95 bits per heavy atom. The van der Waals surface area contributed by atoms with E-state index in [0.717, 1.165) is 19.5 Å². The van der Waals surface area contributed by atoms with Crippen LogP contribution in [-0.4, -0.2) is 38.3 Å². The van der Waals surface area contributed by atoms with Gasteiger partial charge in [-0.2, -0.15) is 0 Å². The first-order chi connectivity index (χ1) is 10.00. The van der Waals surface area contributed by atoms with Gasteiger partial charge in [0.15, 0.2) is 0 Å².